The Morgan fingerprint density at radius 1 is 0.900 bits per heavy atom. The second-order valence-corrected chi connectivity index (χ2v) is 6.71. The highest BCUT2D eigenvalue weighted by molar-refractivity contribution is 6.30. The molecule has 0 spiro atoms. The first kappa shape index (κ1) is 19.6. The molecule has 0 radical (unpaired) electrons. The molecule has 30 heavy (non-hydrogen) atoms. The van der Waals surface area contributed by atoms with E-state index in [1.807, 2.05) is 36.4 Å². The number of ether oxygens (including phenoxy) is 2. The highest BCUT2D eigenvalue weighted by Gasteiger charge is 2.11. The van der Waals surface area contributed by atoms with Gasteiger partial charge < -0.3 is 9.47 Å². The molecule has 5 nitrogen and oxygen atoms in total. The van der Waals surface area contributed by atoms with Gasteiger partial charge in [-0.2, -0.15) is 0 Å². The molecule has 0 amide bonds. The van der Waals surface area contributed by atoms with Crippen molar-refractivity contribution in [1.29, 1.82) is 0 Å². The second-order valence-electron chi connectivity index (χ2n) is 6.28. The first-order valence-corrected chi connectivity index (χ1v) is 9.63. The molecule has 0 aliphatic heterocycles. The van der Waals surface area contributed by atoms with E-state index in [1.54, 1.807) is 41.1 Å². The van der Waals surface area contributed by atoms with Crippen molar-refractivity contribution in [2.45, 2.75) is 0 Å². The molecule has 0 fully saturated rings. The minimum absolute atomic E-state index is 0.128. The van der Waals surface area contributed by atoms with Crippen LogP contribution in [0.25, 0.3) is 16.7 Å². The number of pyridine rings is 2. The van der Waals surface area contributed by atoms with Gasteiger partial charge in [-0.3, -0.25) is 9.36 Å². The van der Waals surface area contributed by atoms with E-state index in [9.17, 15) is 4.79 Å². The minimum Gasteiger partial charge on any atom is -0.481 e. The average molecular weight is 417 g/mol. The van der Waals surface area contributed by atoms with Crippen molar-refractivity contribution >= 4 is 22.6 Å². The van der Waals surface area contributed by atoms with E-state index in [1.165, 1.54) is 6.07 Å². The number of benzene rings is 2. The van der Waals surface area contributed by atoms with Crippen molar-refractivity contribution in [3.05, 3.63) is 94.4 Å². The third-order valence-corrected chi connectivity index (χ3v) is 4.55. The van der Waals surface area contributed by atoms with E-state index >= 15 is 0 Å². The Morgan fingerprint density at radius 3 is 2.40 bits per heavy atom. The highest BCUT2D eigenvalue weighted by atomic mass is 35.5. The summed E-state index contributed by atoms with van der Waals surface area (Å²) in [6, 6.07) is 21.6. The largest absolute Gasteiger partial charge is 0.481 e. The van der Waals surface area contributed by atoms with Crippen molar-refractivity contribution in [3.63, 3.8) is 0 Å². The molecule has 2 aromatic heterocycles. The number of aromatic nitrogens is 2. The van der Waals surface area contributed by atoms with E-state index in [2.05, 4.69) is 16.8 Å². The van der Waals surface area contributed by atoms with Crippen LogP contribution in [0.15, 0.2) is 83.8 Å². The van der Waals surface area contributed by atoms with E-state index in [-0.39, 0.29) is 18.8 Å². The third kappa shape index (κ3) is 4.45. The molecule has 0 aliphatic rings. The molecule has 148 valence electrons. The molecule has 0 N–H and O–H groups in total. The second kappa shape index (κ2) is 9.17. The van der Waals surface area contributed by atoms with Crippen LogP contribution in [-0.4, -0.2) is 22.8 Å². The maximum atomic E-state index is 12.7. The maximum Gasteiger partial charge on any atom is 0.260 e. The standard InChI is InChI=1S/C24H17ClN2O3/c25-18-10-12-20(13-11-18)29-15-4-5-16-30-22-17-23(28)27(19-7-2-1-3-8-19)24-21(22)9-6-14-26-24/h1-3,6-14,17H,15-16H2. The zero-order chi connectivity index (χ0) is 20.8. The lowest BCUT2D eigenvalue weighted by molar-refractivity contribution is 0.364. The van der Waals surface area contributed by atoms with Crippen LogP contribution in [0, 0.1) is 11.8 Å². The summed E-state index contributed by atoms with van der Waals surface area (Å²) in [4.78, 5) is 17.1. The summed E-state index contributed by atoms with van der Waals surface area (Å²) in [5.41, 5.74) is 1.06. The van der Waals surface area contributed by atoms with Crippen LogP contribution in [0.2, 0.25) is 5.02 Å². The zero-order valence-corrected chi connectivity index (χ0v) is 16.7. The molecule has 0 aliphatic carbocycles. The first-order valence-electron chi connectivity index (χ1n) is 9.25. The van der Waals surface area contributed by atoms with E-state index < -0.39 is 0 Å². The number of hydrogen-bond donors (Lipinski definition) is 0. The van der Waals surface area contributed by atoms with Crippen molar-refractivity contribution in [2.24, 2.45) is 0 Å². The van der Waals surface area contributed by atoms with Gasteiger partial charge in [-0.25, -0.2) is 4.98 Å². The fourth-order valence-electron chi connectivity index (χ4n) is 2.94. The molecule has 0 atom stereocenters. The van der Waals surface area contributed by atoms with Crippen molar-refractivity contribution < 1.29 is 9.47 Å². The van der Waals surface area contributed by atoms with Gasteiger partial charge in [0, 0.05) is 17.3 Å². The molecule has 4 aromatic rings. The molecule has 0 unspecified atom stereocenters. The number of para-hydroxylation sites is 1. The summed E-state index contributed by atoms with van der Waals surface area (Å²) < 4.78 is 12.8. The summed E-state index contributed by atoms with van der Waals surface area (Å²) >= 11 is 5.84. The van der Waals surface area contributed by atoms with Gasteiger partial charge in [0.05, 0.1) is 11.1 Å². The van der Waals surface area contributed by atoms with Gasteiger partial charge in [0.2, 0.25) is 0 Å². The van der Waals surface area contributed by atoms with Crippen molar-refractivity contribution in [2.75, 3.05) is 13.2 Å². The summed E-state index contributed by atoms with van der Waals surface area (Å²) in [6.07, 6.45) is 1.65. The molecule has 4 rings (SSSR count). The van der Waals surface area contributed by atoms with Crippen LogP contribution in [0.4, 0.5) is 0 Å². The molecular weight excluding hydrogens is 400 g/mol. The van der Waals surface area contributed by atoms with Crippen LogP contribution < -0.4 is 15.0 Å². The summed E-state index contributed by atoms with van der Waals surface area (Å²) in [7, 11) is 0. The van der Waals surface area contributed by atoms with Gasteiger partial charge in [-0.15, -0.1) is 0 Å². The monoisotopic (exact) mass is 416 g/mol. The molecule has 2 aromatic carbocycles. The Labute approximate surface area is 178 Å². The van der Waals surface area contributed by atoms with E-state index in [4.69, 9.17) is 21.1 Å². The molecule has 6 heteroatoms. The number of fused-ring (bicyclic) bond motifs is 1. The number of rotatable bonds is 5. The first-order chi connectivity index (χ1) is 14.7. The lowest BCUT2D eigenvalue weighted by atomic mass is 10.2. The Kier molecular flexibility index (Phi) is 5.98. The fraction of sp³-hybridized carbons (Fsp3) is 0.0833. The maximum absolute atomic E-state index is 12.7. The summed E-state index contributed by atoms with van der Waals surface area (Å²) in [5.74, 6) is 6.92. The molecule has 0 saturated carbocycles. The van der Waals surface area contributed by atoms with Gasteiger partial charge in [0.25, 0.3) is 5.56 Å². The number of halogens is 1. The van der Waals surface area contributed by atoms with Crippen LogP contribution in [0.5, 0.6) is 11.5 Å². The smallest absolute Gasteiger partial charge is 0.260 e. The molecule has 0 saturated heterocycles. The van der Waals surface area contributed by atoms with Crippen molar-refractivity contribution in [1.82, 2.24) is 9.55 Å². The normalized spacial score (nSPS) is 10.3. The quantitative estimate of drug-likeness (QED) is 0.449. The average Bonchev–Trinajstić information content (AvgIpc) is 2.78. The molecule has 0 bridgehead atoms. The van der Waals surface area contributed by atoms with Gasteiger partial charge in [-0.05, 0) is 48.5 Å². The predicted octanol–water partition coefficient (Wildman–Crippen LogP) is 4.50. The zero-order valence-electron chi connectivity index (χ0n) is 15.9. The van der Waals surface area contributed by atoms with Gasteiger partial charge >= 0.3 is 0 Å². The van der Waals surface area contributed by atoms with Gasteiger partial charge in [0.15, 0.2) is 5.65 Å². The van der Waals surface area contributed by atoms with Crippen LogP contribution in [0.3, 0.4) is 0 Å². The third-order valence-electron chi connectivity index (χ3n) is 4.30. The van der Waals surface area contributed by atoms with Crippen LogP contribution >= 0.6 is 11.6 Å². The SMILES string of the molecule is O=c1cc(OCC#CCOc2ccc(Cl)cc2)c2cccnc2n1-c1ccccc1. The van der Waals surface area contributed by atoms with Crippen LogP contribution in [0.1, 0.15) is 0 Å². The van der Waals surface area contributed by atoms with Crippen LogP contribution in [-0.2, 0) is 0 Å². The van der Waals surface area contributed by atoms with E-state index in [0.29, 0.717) is 22.2 Å². The Hall–Kier alpha value is -3.75. The lowest BCUT2D eigenvalue weighted by Gasteiger charge is -2.12. The predicted molar refractivity (Wildman–Crippen MR) is 118 cm³/mol. The van der Waals surface area contributed by atoms with Gasteiger partial charge in [0.1, 0.15) is 24.7 Å². The highest BCUT2D eigenvalue weighted by Crippen LogP contribution is 2.23. The lowest BCUT2D eigenvalue weighted by Crippen LogP contribution is -2.19. The van der Waals surface area contributed by atoms with E-state index in [0.717, 1.165) is 11.1 Å². The summed E-state index contributed by atoms with van der Waals surface area (Å²) in [5, 5.41) is 1.39. The molecule has 2 heterocycles. The number of nitrogens with zero attached hydrogens (tertiary/aromatic N) is 2. The number of hydrogen-bond acceptors (Lipinski definition) is 4. The Balaban J connectivity index is 1.49. The fourth-order valence-corrected chi connectivity index (χ4v) is 3.06. The minimum atomic E-state index is -0.221. The topological polar surface area (TPSA) is 53.4 Å². The Bertz CT molecular complexity index is 1270. The van der Waals surface area contributed by atoms with Gasteiger partial charge in [-0.1, -0.05) is 41.6 Å². The molecular formula is C24H17ClN2O3. The summed E-state index contributed by atoms with van der Waals surface area (Å²) in [6.45, 7) is 0.353. The Morgan fingerprint density at radius 2 is 1.63 bits per heavy atom. The van der Waals surface area contributed by atoms with Crippen molar-refractivity contribution in [3.8, 4) is 29.0 Å².